The predicted molar refractivity (Wildman–Crippen MR) is 259 cm³/mol. The zero-order valence-corrected chi connectivity index (χ0v) is 34.9. The second-order valence-electron chi connectivity index (χ2n) is 15.8. The van der Waals surface area contributed by atoms with E-state index in [0.717, 1.165) is 78.1 Å². The molecule has 64 heavy (non-hydrogen) atoms. The molecule has 0 aliphatic carbocycles. The molecule has 0 aliphatic heterocycles. The zero-order valence-electron chi connectivity index (χ0n) is 34.9. The van der Waals surface area contributed by atoms with Gasteiger partial charge in [0.2, 0.25) is 0 Å². The van der Waals surface area contributed by atoms with Crippen LogP contribution in [0.4, 0.5) is 0 Å². The number of hydrogen-bond acceptors (Lipinski definition) is 5. The molecule has 0 aliphatic rings. The fraction of sp³-hybridized carbons (Fsp3) is 0.0172. The summed E-state index contributed by atoms with van der Waals surface area (Å²) in [6, 6.07) is 74.7. The fourth-order valence-electron chi connectivity index (χ4n) is 8.72. The second kappa shape index (κ2) is 16.2. The molecule has 0 N–H and O–H groups in total. The summed E-state index contributed by atoms with van der Waals surface area (Å²) in [5, 5.41) is 13.1. The molecule has 0 atom stereocenters. The van der Waals surface area contributed by atoms with E-state index in [2.05, 4.69) is 133 Å². The molecule has 0 saturated heterocycles. The van der Waals surface area contributed by atoms with Crippen LogP contribution in [0.25, 0.3) is 106 Å². The van der Waals surface area contributed by atoms with Crippen LogP contribution in [-0.2, 0) is 0 Å². The molecule has 6 heteroatoms. The predicted octanol–water partition coefficient (Wildman–Crippen LogP) is 14.2. The second-order valence-corrected chi connectivity index (χ2v) is 15.8. The van der Waals surface area contributed by atoms with Gasteiger partial charge in [-0.25, -0.2) is 19.9 Å². The van der Waals surface area contributed by atoms with Crippen molar-refractivity contribution in [3.63, 3.8) is 0 Å². The van der Waals surface area contributed by atoms with Gasteiger partial charge in [-0.2, -0.15) is 5.26 Å². The molecule has 0 unspecified atom stereocenters. The maximum atomic E-state index is 10.9. The Hall–Kier alpha value is -8.79. The first-order valence-corrected chi connectivity index (χ1v) is 21.3. The molecule has 8 aromatic carbocycles. The van der Waals surface area contributed by atoms with Crippen molar-refractivity contribution in [3.05, 3.63) is 223 Å². The highest BCUT2D eigenvalue weighted by molar-refractivity contribution is 6.11. The molecule has 0 amide bonds. The smallest absolute Gasteiger partial charge is 0.162 e. The molecule has 3 heterocycles. The van der Waals surface area contributed by atoms with E-state index in [1.807, 2.05) is 97.1 Å². The Morgan fingerprint density at radius 2 is 0.797 bits per heavy atom. The Bertz CT molecular complexity index is 3290. The Kier molecular flexibility index (Phi) is 9.68. The van der Waals surface area contributed by atoms with Crippen LogP contribution >= 0.6 is 0 Å². The third kappa shape index (κ3) is 6.97. The van der Waals surface area contributed by atoms with Crippen molar-refractivity contribution in [2.45, 2.75) is 6.92 Å². The van der Waals surface area contributed by atoms with E-state index in [4.69, 9.17) is 19.9 Å². The van der Waals surface area contributed by atoms with Gasteiger partial charge in [0.15, 0.2) is 11.6 Å². The summed E-state index contributed by atoms with van der Waals surface area (Å²) in [5.74, 6) is 0.942. The molecule has 3 aromatic heterocycles. The van der Waals surface area contributed by atoms with Crippen LogP contribution in [0.15, 0.2) is 212 Å². The first-order chi connectivity index (χ1) is 31.6. The van der Waals surface area contributed by atoms with Crippen LogP contribution in [-0.4, -0.2) is 24.5 Å². The van der Waals surface area contributed by atoms with Crippen molar-refractivity contribution in [2.75, 3.05) is 0 Å². The van der Waals surface area contributed by atoms with Crippen molar-refractivity contribution in [1.29, 1.82) is 5.26 Å². The number of rotatable bonds is 8. The van der Waals surface area contributed by atoms with E-state index < -0.39 is 0 Å². The number of aromatic nitrogens is 5. The summed E-state index contributed by atoms with van der Waals surface area (Å²) < 4.78 is 2.29. The summed E-state index contributed by atoms with van der Waals surface area (Å²) >= 11 is 0. The van der Waals surface area contributed by atoms with Gasteiger partial charge in [-0.15, -0.1) is 0 Å². The lowest BCUT2D eigenvalue weighted by molar-refractivity contribution is 1.12. The average Bonchev–Trinajstić information content (AvgIpc) is 3.70. The number of nitrogens with zero attached hydrogens (tertiary/aromatic N) is 6. The Labute approximate surface area is 371 Å². The maximum absolute atomic E-state index is 10.9. The molecule has 0 radical (unpaired) electrons. The van der Waals surface area contributed by atoms with E-state index in [-0.39, 0.29) is 0 Å². The lowest BCUT2D eigenvalue weighted by Gasteiger charge is -2.20. The number of aryl methyl sites for hydroxylation is 1. The summed E-state index contributed by atoms with van der Waals surface area (Å²) in [6.07, 6.45) is 0. The number of hydrogen-bond donors (Lipinski definition) is 0. The number of nitriles is 1. The fourth-order valence-corrected chi connectivity index (χ4v) is 8.72. The summed E-state index contributed by atoms with van der Waals surface area (Å²) in [5.41, 5.74) is 14.9. The molecule has 11 aromatic rings. The molecule has 0 fully saturated rings. The molecular weight excluding hydrogens is 781 g/mol. The molecular formula is C58H38N6. The maximum Gasteiger partial charge on any atom is 0.162 e. The minimum absolute atomic E-state index is 0.432. The Morgan fingerprint density at radius 3 is 1.27 bits per heavy atom. The summed E-state index contributed by atoms with van der Waals surface area (Å²) in [7, 11) is 0. The first kappa shape index (κ1) is 38.2. The van der Waals surface area contributed by atoms with E-state index in [9.17, 15) is 5.26 Å². The van der Waals surface area contributed by atoms with Crippen LogP contribution in [0.2, 0.25) is 0 Å². The van der Waals surface area contributed by atoms with Gasteiger partial charge in [0, 0.05) is 44.2 Å². The van der Waals surface area contributed by atoms with Crippen molar-refractivity contribution < 1.29 is 0 Å². The standard InChI is InChI=1S/C58H38N6/c1-38-18-14-15-27-45(38)44-30-31-55-47(34-44)46-28-16-17-29-54(46)64(55)56-48(57-60-50(40-19-6-2-7-20-40)35-51(61-57)41-21-8-3-9-22-41)32-39(37-59)33-49(56)58-62-52(42-23-10-4-11-24-42)36-53(63-58)43-25-12-5-13-26-43/h2-36H,1H3. The molecule has 6 nitrogen and oxygen atoms in total. The van der Waals surface area contributed by atoms with Crippen molar-refractivity contribution in [2.24, 2.45) is 0 Å². The largest absolute Gasteiger partial charge is 0.308 e. The number of benzene rings is 8. The van der Waals surface area contributed by atoms with Gasteiger partial charge < -0.3 is 4.57 Å². The van der Waals surface area contributed by atoms with Crippen LogP contribution in [0.1, 0.15) is 11.1 Å². The van der Waals surface area contributed by atoms with Gasteiger partial charge >= 0.3 is 0 Å². The normalized spacial score (nSPS) is 11.2. The monoisotopic (exact) mass is 818 g/mol. The Morgan fingerprint density at radius 1 is 0.375 bits per heavy atom. The van der Waals surface area contributed by atoms with E-state index in [1.165, 1.54) is 11.1 Å². The topological polar surface area (TPSA) is 80.3 Å². The highest BCUT2D eigenvalue weighted by Crippen LogP contribution is 2.43. The van der Waals surface area contributed by atoms with Crippen LogP contribution < -0.4 is 0 Å². The van der Waals surface area contributed by atoms with Crippen molar-refractivity contribution >= 4 is 21.8 Å². The van der Waals surface area contributed by atoms with Gasteiger partial charge in [0.25, 0.3) is 0 Å². The molecule has 0 bridgehead atoms. The van der Waals surface area contributed by atoms with E-state index >= 15 is 0 Å². The number of fused-ring (bicyclic) bond motifs is 3. The molecule has 11 rings (SSSR count). The van der Waals surface area contributed by atoms with Gasteiger partial charge in [-0.1, -0.05) is 170 Å². The minimum Gasteiger partial charge on any atom is -0.308 e. The van der Waals surface area contributed by atoms with Gasteiger partial charge in [0.05, 0.1) is 51.1 Å². The Balaban J connectivity index is 1.28. The highest BCUT2D eigenvalue weighted by Gasteiger charge is 2.26. The number of para-hydroxylation sites is 1. The van der Waals surface area contributed by atoms with E-state index in [1.54, 1.807) is 0 Å². The van der Waals surface area contributed by atoms with E-state index in [0.29, 0.717) is 28.3 Å². The summed E-state index contributed by atoms with van der Waals surface area (Å²) in [6.45, 7) is 2.15. The molecule has 300 valence electrons. The van der Waals surface area contributed by atoms with Gasteiger partial charge in [-0.3, -0.25) is 0 Å². The average molecular weight is 819 g/mol. The quantitative estimate of drug-likeness (QED) is 0.153. The SMILES string of the molecule is Cc1ccccc1-c1ccc2c(c1)c1ccccc1n2-c1c(-c2nc(-c3ccccc3)cc(-c3ccccc3)n2)cc(C#N)cc1-c1nc(-c2ccccc2)cc(-c2ccccc2)n1. The van der Waals surface area contributed by atoms with Crippen molar-refractivity contribution in [3.8, 4) is 90.7 Å². The van der Waals surface area contributed by atoms with Gasteiger partial charge in [0.1, 0.15) is 0 Å². The lowest BCUT2D eigenvalue weighted by Crippen LogP contribution is -2.06. The van der Waals surface area contributed by atoms with Crippen LogP contribution in [0.3, 0.4) is 0 Å². The van der Waals surface area contributed by atoms with Crippen LogP contribution in [0.5, 0.6) is 0 Å². The van der Waals surface area contributed by atoms with Gasteiger partial charge in [-0.05, 0) is 66.1 Å². The summed E-state index contributed by atoms with van der Waals surface area (Å²) in [4.78, 5) is 21.4. The first-order valence-electron chi connectivity index (χ1n) is 21.3. The molecule has 0 saturated carbocycles. The zero-order chi connectivity index (χ0) is 43.0. The highest BCUT2D eigenvalue weighted by atomic mass is 15.0. The van der Waals surface area contributed by atoms with Crippen LogP contribution in [0, 0.1) is 18.3 Å². The van der Waals surface area contributed by atoms with Crippen molar-refractivity contribution in [1.82, 2.24) is 24.5 Å². The lowest BCUT2D eigenvalue weighted by atomic mass is 9.98. The third-order valence-electron chi connectivity index (χ3n) is 11.8. The molecule has 0 spiro atoms. The third-order valence-corrected chi connectivity index (χ3v) is 11.8. The minimum atomic E-state index is 0.432.